The summed E-state index contributed by atoms with van der Waals surface area (Å²) in [6.45, 7) is 1.85. The quantitative estimate of drug-likeness (QED) is 0.685. The molecule has 2 atom stereocenters. The summed E-state index contributed by atoms with van der Waals surface area (Å²) in [7, 11) is 0. The van der Waals surface area contributed by atoms with Crippen LogP contribution in [0.25, 0.3) is 0 Å². The summed E-state index contributed by atoms with van der Waals surface area (Å²) < 4.78 is 4.99. The second-order valence-electron chi connectivity index (χ2n) is 2.74. The molecule has 3 nitrogen and oxygen atoms in total. The molecule has 0 aromatic carbocycles. The molecule has 1 rings (SSSR count). The molecule has 0 amide bonds. The van der Waals surface area contributed by atoms with Crippen molar-refractivity contribution >= 4 is 0 Å². The summed E-state index contributed by atoms with van der Waals surface area (Å²) >= 11 is 0. The third-order valence-electron chi connectivity index (χ3n) is 1.47. The molecule has 0 aliphatic rings. The van der Waals surface area contributed by atoms with Gasteiger partial charge >= 0.3 is 0 Å². The van der Waals surface area contributed by atoms with Gasteiger partial charge in [0.2, 0.25) is 0 Å². The first-order valence-electron chi connectivity index (χ1n) is 3.67. The SMILES string of the molecule is C[C@H](N)C[C@H](O)c1ccco1. The molecule has 0 aliphatic carbocycles. The number of hydrogen-bond acceptors (Lipinski definition) is 3. The highest BCUT2D eigenvalue weighted by Crippen LogP contribution is 2.17. The average molecular weight is 155 g/mol. The second-order valence-corrected chi connectivity index (χ2v) is 2.74. The molecule has 0 radical (unpaired) electrons. The van der Waals surface area contributed by atoms with Gasteiger partial charge in [-0.15, -0.1) is 0 Å². The molecule has 1 heterocycles. The number of hydrogen-bond donors (Lipinski definition) is 2. The molecule has 0 bridgehead atoms. The van der Waals surface area contributed by atoms with Gasteiger partial charge in [-0.25, -0.2) is 0 Å². The lowest BCUT2D eigenvalue weighted by Crippen LogP contribution is -2.18. The van der Waals surface area contributed by atoms with E-state index >= 15 is 0 Å². The van der Waals surface area contributed by atoms with Crippen molar-refractivity contribution in [3.63, 3.8) is 0 Å². The first-order valence-corrected chi connectivity index (χ1v) is 3.67. The van der Waals surface area contributed by atoms with Crippen LogP contribution in [0.4, 0.5) is 0 Å². The Bertz CT molecular complexity index is 194. The van der Waals surface area contributed by atoms with Crippen LogP contribution in [0.15, 0.2) is 22.8 Å². The van der Waals surface area contributed by atoms with Crippen molar-refractivity contribution < 1.29 is 9.52 Å². The molecule has 0 saturated heterocycles. The van der Waals surface area contributed by atoms with Crippen LogP contribution in [0.2, 0.25) is 0 Å². The zero-order valence-electron chi connectivity index (χ0n) is 6.53. The summed E-state index contributed by atoms with van der Waals surface area (Å²) in [6, 6.07) is 3.49. The molecule has 0 saturated carbocycles. The predicted molar refractivity (Wildman–Crippen MR) is 41.9 cm³/mol. The summed E-state index contributed by atoms with van der Waals surface area (Å²) in [4.78, 5) is 0. The zero-order chi connectivity index (χ0) is 8.27. The van der Waals surface area contributed by atoms with Crippen molar-refractivity contribution in [3.8, 4) is 0 Å². The van der Waals surface area contributed by atoms with Gasteiger partial charge in [0.15, 0.2) is 0 Å². The summed E-state index contributed by atoms with van der Waals surface area (Å²) in [6.07, 6.45) is 1.51. The molecular weight excluding hydrogens is 142 g/mol. The molecule has 0 unspecified atom stereocenters. The fourth-order valence-electron chi connectivity index (χ4n) is 0.949. The van der Waals surface area contributed by atoms with Gasteiger partial charge < -0.3 is 15.3 Å². The Hall–Kier alpha value is -0.800. The summed E-state index contributed by atoms with van der Waals surface area (Å²) in [5.41, 5.74) is 5.50. The van der Waals surface area contributed by atoms with Gasteiger partial charge in [0.05, 0.1) is 6.26 Å². The second kappa shape index (κ2) is 3.55. The molecule has 0 fully saturated rings. The number of rotatable bonds is 3. The zero-order valence-corrected chi connectivity index (χ0v) is 6.53. The Kier molecular flexibility index (Phi) is 2.68. The fraction of sp³-hybridized carbons (Fsp3) is 0.500. The minimum atomic E-state index is -0.565. The van der Waals surface area contributed by atoms with Crippen LogP contribution in [0.3, 0.4) is 0 Å². The maximum atomic E-state index is 9.41. The van der Waals surface area contributed by atoms with Crippen molar-refractivity contribution in [1.82, 2.24) is 0 Å². The minimum Gasteiger partial charge on any atom is -0.467 e. The lowest BCUT2D eigenvalue weighted by molar-refractivity contribution is 0.134. The van der Waals surface area contributed by atoms with E-state index in [1.165, 1.54) is 0 Å². The van der Waals surface area contributed by atoms with Crippen molar-refractivity contribution in [3.05, 3.63) is 24.2 Å². The monoisotopic (exact) mass is 155 g/mol. The predicted octanol–water partition coefficient (Wildman–Crippen LogP) is 1.05. The Morgan fingerprint density at radius 1 is 1.73 bits per heavy atom. The van der Waals surface area contributed by atoms with Crippen LogP contribution < -0.4 is 5.73 Å². The summed E-state index contributed by atoms with van der Waals surface area (Å²) in [5, 5.41) is 9.41. The van der Waals surface area contributed by atoms with Gasteiger partial charge in [-0.1, -0.05) is 0 Å². The first kappa shape index (κ1) is 8.30. The number of furan rings is 1. The van der Waals surface area contributed by atoms with Gasteiger partial charge in [0.25, 0.3) is 0 Å². The highest BCUT2D eigenvalue weighted by Gasteiger charge is 2.11. The van der Waals surface area contributed by atoms with Crippen LogP contribution in [0.5, 0.6) is 0 Å². The maximum absolute atomic E-state index is 9.41. The molecule has 3 N–H and O–H groups in total. The van der Waals surface area contributed by atoms with Gasteiger partial charge in [-0.05, 0) is 25.5 Å². The van der Waals surface area contributed by atoms with E-state index in [1.54, 1.807) is 18.4 Å². The molecule has 0 aliphatic heterocycles. The average Bonchev–Trinajstić information content (AvgIpc) is 2.35. The lowest BCUT2D eigenvalue weighted by Gasteiger charge is -2.09. The highest BCUT2D eigenvalue weighted by molar-refractivity contribution is 5.01. The first-order chi connectivity index (χ1) is 5.20. The topological polar surface area (TPSA) is 59.4 Å². The standard InChI is InChI=1S/C8H13NO2/c1-6(9)5-7(10)8-3-2-4-11-8/h2-4,6-7,10H,5,9H2,1H3/t6-,7-/m0/s1. The van der Waals surface area contributed by atoms with Crippen molar-refractivity contribution in [2.24, 2.45) is 5.73 Å². The maximum Gasteiger partial charge on any atom is 0.132 e. The van der Waals surface area contributed by atoms with E-state index in [4.69, 9.17) is 10.2 Å². The van der Waals surface area contributed by atoms with E-state index in [0.717, 1.165) is 0 Å². The van der Waals surface area contributed by atoms with Crippen LogP contribution in [-0.2, 0) is 0 Å². The molecule has 1 aromatic rings. The van der Waals surface area contributed by atoms with Crippen LogP contribution in [-0.4, -0.2) is 11.1 Å². The van der Waals surface area contributed by atoms with Crippen molar-refractivity contribution in [2.45, 2.75) is 25.5 Å². The normalized spacial score (nSPS) is 16.3. The van der Waals surface area contributed by atoms with Gasteiger partial charge in [-0.3, -0.25) is 0 Å². The Labute approximate surface area is 65.8 Å². The number of aliphatic hydroxyl groups is 1. The van der Waals surface area contributed by atoms with E-state index in [-0.39, 0.29) is 6.04 Å². The Balaban J connectivity index is 2.49. The van der Waals surface area contributed by atoms with E-state index in [9.17, 15) is 5.11 Å². The van der Waals surface area contributed by atoms with Gasteiger partial charge in [0.1, 0.15) is 11.9 Å². The Morgan fingerprint density at radius 2 is 2.45 bits per heavy atom. The van der Waals surface area contributed by atoms with E-state index in [2.05, 4.69) is 0 Å². The molecule has 3 heteroatoms. The molecule has 62 valence electrons. The van der Waals surface area contributed by atoms with Gasteiger partial charge in [-0.2, -0.15) is 0 Å². The largest absolute Gasteiger partial charge is 0.467 e. The van der Waals surface area contributed by atoms with Crippen LogP contribution in [0.1, 0.15) is 25.2 Å². The minimum absolute atomic E-state index is 0.00454. The third kappa shape index (κ3) is 2.37. The lowest BCUT2D eigenvalue weighted by atomic mass is 10.1. The van der Waals surface area contributed by atoms with E-state index < -0.39 is 6.10 Å². The van der Waals surface area contributed by atoms with E-state index in [0.29, 0.717) is 12.2 Å². The summed E-state index contributed by atoms with van der Waals surface area (Å²) in [5.74, 6) is 0.585. The van der Waals surface area contributed by atoms with Crippen LogP contribution >= 0.6 is 0 Å². The molecule has 11 heavy (non-hydrogen) atoms. The molecule has 0 spiro atoms. The van der Waals surface area contributed by atoms with Gasteiger partial charge in [0, 0.05) is 6.04 Å². The number of nitrogens with two attached hydrogens (primary N) is 1. The smallest absolute Gasteiger partial charge is 0.132 e. The third-order valence-corrected chi connectivity index (χ3v) is 1.47. The van der Waals surface area contributed by atoms with E-state index in [1.807, 2.05) is 6.92 Å². The van der Waals surface area contributed by atoms with Crippen molar-refractivity contribution in [1.29, 1.82) is 0 Å². The van der Waals surface area contributed by atoms with Crippen molar-refractivity contribution in [2.75, 3.05) is 0 Å². The fourth-order valence-corrected chi connectivity index (χ4v) is 0.949. The van der Waals surface area contributed by atoms with Crippen LogP contribution in [0, 0.1) is 0 Å². The number of aliphatic hydroxyl groups excluding tert-OH is 1. The Morgan fingerprint density at radius 3 is 2.91 bits per heavy atom. The molecular formula is C8H13NO2. The molecule has 1 aromatic heterocycles. The highest BCUT2D eigenvalue weighted by atomic mass is 16.4.